The second-order valence-electron chi connectivity index (χ2n) is 17.1. The van der Waals surface area contributed by atoms with E-state index >= 15 is 0 Å². The number of amides is 2. The van der Waals surface area contributed by atoms with E-state index < -0.39 is 28.8 Å². The van der Waals surface area contributed by atoms with Crippen LogP contribution in [0.4, 0.5) is 24.5 Å². The maximum atomic E-state index is 13.9. The number of likely N-dealkylation sites (N-methyl/N-ethyl adjacent to an activating group) is 1. The average Bonchev–Trinajstić information content (AvgIpc) is 3.24. The number of hydrogen-bond donors (Lipinski definition) is 2. The molecule has 5 rings (SSSR count). The lowest BCUT2D eigenvalue weighted by molar-refractivity contribution is -0.156. The normalized spacial score (nSPS) is 16.8. The largest absolute Gasteiger partial charge is 0.460 e. The number of benzene rings is 3. The Morgan fingerprint density at radius 3 is 2.22 bits per heavy atom. The predicted octanol–water partition coefficient (Wildman–Crippen LogP) is 8.09. The minimum Gasteiger partial charge on any atom is -0.460 e. The van der Waals surface area contributed by atoms with Gasteiger partial charge in [-0.2, -0.15) is 13.2 Å². The van der Waals surface area contributed by atoms with Crippen molar-refractivity contribution in [1.82, 2.24) is 10.2 Å². The molecule has 2 aliphatic rings. The molecule has 0 bridgehead atoms. The number of dihydropyridines is 1. The van der Waals surface area contributed by atoms with Crippen molar-refractivity contribution in [3.63, 3.8) is 0 Å². The van der Waals surface area contributed by atoms with Crippen molar-refractivity contribution >= 4 is 35.4 Å². The van der Waals surface area contributed by atoms with Gasteiger partial charge in [0.2, 0.25) is 5.91 Å². The van der Waals surface area contributed by atoms with Crippen molar-refractivity contribution in [1.29, 1.82) is 0 Å². The van der Waals surface area contributed by atoms with Crippen LogP contribution < -0.4 is 15.5 Å². The number of rotatable bonds is 21. The van der Waals surface area contributed by atoms with Gasteiger partial charge in [-0.15, -0.1) is 0 Å². The summed E-state index contributed by atoms with van der Waals surface area (Å²) < 4.78 is 61.9. The SMILES string of the molecule is CN(CCOCCOCCOCCC(=O)OC(C)(C)C)Cc1cccc(C(=O)Nc2ccc(N3CCCCC3)cc2C2(C)CC(C(=O)NCc3cccc(C(F)(F)F)c3)=CC=N2)c1. The Kier molecular flexibility index (Phi) is 17.9. The third-order valence-corrected chi connectivity index (χ3v) is 10.6. The molecule has 2 N–H and O–H groups in total. The fourth-order valence-electron chi connectivity index (χ4n) is 7.38. The molecule has 1 unspecified atom stereocenters. The van der Waals surface area contributed by atoms with Crippen molar-refractivity contribution < 1.29 is 46.5 Å². The van der Waals surface area contributed by atoms with E-state index in [0.29, 0.717) is 68.5 Å². The molecule has 342 valence electrons. The first-order valence-electron chi connectivity index (χ1n) is 21.6. The third kappa shape index (κ3) is 15.9. The number of nitrogens with zero attached hydrogens (tertiary/aromatic N) is 3. The molecule has 15 heteroatoms. The van der Waals surface area contributed by atoms with Gasteiger partial charge in [-0.25, -0.2) is 0 Å². The highest BCUT2D eigenvalue weighted by Crippen LogP contribution is 2.41. The number of hydrogen-bond acceptors (Lipinski definition) is 10. The topological polar surface area (TPSA) is 131 Å². The summed E-state index contributed by atoms with van der Waals surface area (Å²) in [6, 6.07) is 18.3. The van der Waals surface area contributed by atoms with Gasteiger partial charge in [0.1, 0.15) is 5.60 Å². The summed E-state index contributed by atoms with van der Waals surface area (Å²) in [5, 5.41) is 5.92. The second kappa shape index (κ2) is 23.0. The van der Waals surface area contributed by atoms with Crippen LogP contribution in [0.2, 0.25) is 0 Å². The highest BCUT2D eigenvalue weighted by atomic mass is 19.4. The monoisotopic (exact) mass is 877 g/mol. The van der Waals surface area contributed by atoms with E-state index in [2.05, 4.69) is 20.4 Å². The molecule has 63 heavy (non-hydrogen) atoms. The Morgan fingerprint density at radius 1 is 0.825 bits per heavy atom. The van der Waals surface area contributed by atoms with E-state index in [1.54, 1.807) is 24.4 Å². The second-order valence-corrected chi connectivity index (χ2v) is 17.1. The van der Waals surface area contributed by atoms with Gasteiger partial charge in [-0.1, -0.05) is 24.3 Å². The molecule has 0 saturated carbocycles. The zero-order chi connectivity index (χ0) is 45.5. The van der Waals surface area contributed by atoms with Gasteiger partial charge in [0.25, 0.3) is 5.91 Å². The third-order valence-electron chi connectivity index (χ3n) is 10.6. The number of alkyl halides is 3. The van der Waals surface area contributed by atoms with Crippen LogP contribution in [0.3, 0.4) is 0 Å². The smallest absolute Gasteiger partial charge is 0.416 e. The molecule has 1 atom stereocenters. The van der Waals surface area contributed by atoms with Gasteiger partial charge in [0.15, 0.2) is 0 Å². The van der Waals surface area contributed by atoms with E-state index in [0.717, 1.165) is 54.9 Å². The predicted molar refractivity (Wildman–Crippen MR) is 238 cm³/mol. The van der Waals surface area contributed by atoms with E-state index in [4.69, 9.17) is 23.9 Å². The van der Waals surface area contributed by atoms with Gasteiger partial charge in [-0.3, -0.25) is 24.3 Å². The molecule has 0 aromatic heterocycles. The summed E-state index contributed by atoms with van der Waals surface area (Å²) in [4.78, 5) is 48.4. The van der Waals surface area contributed by atoms with Crippen molar-refractivity contribution in [2.24, 2.45) is 4.99 Å². The van der Waals surface area contributed by atoms with Crippen LogP contribution >= 0.6 is 0 Å². The van der Waals surface area contributed by atoms with E-state index in [-0.39, 0.29) is 37.9 Å². The molecular formula is C48H62F3N5O7. The molecule has 2 amide bonds. The lowest BCUT2D eigenvalue weighted by Crippen LogP contribution is -2.33. The number of esters is 1. The van der Waals surface area contributed by atoms with Gasteiger partial charge >= 0.3 is 12.1 Å². The van der Waals surface area contributed by atoms with Gasteiger partial charge < -0.3 is 34.5 Å². The fraction of sp³-hybridized carbons (Fsp3) is 0.500. The maximum absolute atomic E-state index is 13.9. The van der Waals surface area contributed by atoms with Gasteiger partial charge in [0, 0.05) is 73.4 Å². The first-order chi connectivity index (χ1) is 30.0. The molecule has 1 saturated heterocycles. The van der Waals surface area contributed by atoms with Crippen LogP contribution in [-0.2, 0) is 53.3 Å². The lowest BCUT2D eigenvalue weighted by atomic mass is 9.82. The molecule has 3 aromatic carbocycles. The number of allylic oxidation sites excluding steroid dienone is 1. The van der Waals surface area contributed by atoms with E-state index in [1.165, 1.54) is 12.5 Å². The highest BCUT2D eigenvalue weighted by Gasteiger charge is 2.35. The molecule has 0 aliphatic carbocycles. The fourth-order valence-corrected chi connectivity index (χ4v) is 7.38. The summed E-state index contributed by atoms with van der Waals surface area (Å²) in [7, 11) is 1.98. The zero-order valence-corrected chi connectivity index (χ0v) is 37.2. The number of aliphatic imine (C=N–C) groups is 1. The summed E-state index contributed by atoms with van der Waals surface area (Å²) in [5.41, 5.74) is 2.29. The van der Waals surface area contributed by atoms with Crippen molar-refractivity contribution in [3.8, 4) is 0 Å². The van der Waals surface area contributed by atoms with Crippen LogP contribution in [0.1, 0.15) is 92.4 Å². The number of piperidine rings is 1. The molecule has 12 nitrogen and oxygen atoms in total. The van der Waals surface area contributed by atoms with Crippen LogP contribution in [0, 0.1) is 0 Å². The molecule has 0 radical (unpaired) electrons. The summed E-state index contributed by atoms with van der Waals surface area (Å²) >= 11 is 0. The van der Waals surface area contributed by atoms with Crippen molar-refractivity contribution in [2.45, 2.75) is 90.2 Å². The molecular weight excluding hydrogens is 816 g/mol. The number of carbonyl (C=O) groups is 3. The molecule has 1 fully saturated rings. The molecule has 2 heterocycles. The Bertz CT molecular complexity index is 2060. The number of halogens is 3. The zero-order valence-electron chi connectivity index (χ0n) is 37.2. The van der Waals surface area contributed by atoms with Gasteiger partial charge in [0.05, 0.1) is 57.2 Å². The summed E-state index contributed by atoms with van der Waals surface area (Å²) in [5.74, 6) is -0.987. The van der Waals surface area contributed by atoms with E-state index in [9.17, 15) is 27.6 Å². The number of nitrogens with one attached hydrogen (secondary N) is 2. The molecule has 3 aromatic rings. The quantitative estimate of drug-likeness (QED) is 0.0806. The number of anilines is 2. The molecule has 0 spiro atoms. The Labute approximate surface area is 369 Å². The number of carbonyl (C=O) groups excluding carboxylic acids is 3. The van der Waals surface area contributed by atoms with Crippen LogP contribution in [0.5, 0.6) is 0 Å². The Morgan fingerprint density at radius 2 is 1.51 bits per heavy atom. The maximum Gasteiger partial charge on any atom is 0.416 e. The average molecular weight is 878 g/mol. The van der Waals surface area contributed by atoms with Crippen molar-refractivity contribution in [3.05, 3.63) is 106 Å². The van der Waals surface area contributed by atoms with Crippen LogP contribution in [-0.4, -0.2) is 101 Å². The van der Waals surface area contributed by atoms with E-state index in [1.807, 2.05) is 71.1 Å². The molecule has 2 aliphatic heterocycles. The summed E-state index contributed by atoms with van der Waals surface area (Å²) in [6.07, 6.45) is 2.44. The van der Waals surface area contributed by atoms with Crippen LogP contribution in [0.15, 0.2) is 83.4 Å². The van der Waals surface area contributed by atoms with Gasteiger partial charge in [-0.05, 0) is 114 Å². The number of ether oxygens (including phenoxy) is 4. The lowest BCUT2D eigenvalue weighted by Gasteiger charge is -2.34. The van der Waals surface area contributed by atoms with Crippen LogP contribution in [0.25, 0.3) is 0 Å². The highest BCUT2D eigenvalue weighted by molar-refractivity contribution is 6.05. The first-order valence-corrected chi connectivity index (χ1v) is 21.6. The summed E-state index contributed by atoms with van der Waals surface area (Å²) in [6.45, 7) is 12.8. The minimum atomic E-state index is -4.49. The standard InChI is InChI=1S/C48H62F3N5O7/c1-46(2,3)63-43(57)18-23-60-25-27-62-28-26-61-24-22-55(5)34-36-12-9-13-37(29-36)45(59)54-42-16-15-40(56-20-7-6-8-21-56)31-41(42)47(4)32-38(17-19-53-47)44(58)52-33-35-11-10-14-39(30-35)48(49,50)51/h9-17,19,29-31H,6-8,18,20-28,32-34H2,1-5H3,(H,52,58)(H,54,59). The Balaban J connectivity index is 1.14. The Hall–Kier alpha value is -5.09. The van der Waals surface area contributed by atoms with Crippen molar-refractivity contribution in [2.75, 3.05) is 76.5 Å². The minimum absolute atomic E-state index is 0.0724. The first kappa shape index (κ1) is 48.9.